The first-order chi connectivity index (χ1) is 8.81. The minimum atomic E-state index is -3.76. The topological polar surface area (TPSA) is 63.7 Å². The van der Waals surface area contributed by atoms with E-state index in [1.807, 2.05) is 0 Å². The van der Waals surface area contributed by atoms with Crippen molar-refractivity contribution < 1.29 is 17.9 Å². The molecule has 0 radical (unpaired) electrons. The average molecular weight is 324 g/mol. The van der Waals surface area contributed by atoms with Crippen molar-refractivity contribution in [1.29, 1.82) is 0 Å². The van der Waals surface area contributed by atoms with Crippen LogP contribution in [0.5, 0.6) is 5.75 Å². The van der Waals surface area contributed by atoms with Crippen LogP contribution >= 0.6 is 22.3 Å². The van der Waals surface area contributed by atoms with Gasteiger partial charge in [-0.1, -0.05) is 11.6 Å². The van der Waals surface area contributed by atoms with Gasteiger partial charge >= 0.3 is 0 Å². The Hall–Kier alpha value is -0.980. The second-order valence-electron chi connectivity index (χ2n) is 4.16. The van der Waals surface area contributed by atoms with Crippen molar-refractivity contribution in [3.05, 3.63) is 23.2 Å². The van der Waals surface area contributed by atoms with Crippen LogP contribution < -0.4 is 9.64 Å². The summed E-state index contributed by atoms with van der Waals surface area (Å²) in [7, 11) is 3.01. The minimum Gasteiger partial charge on any atom is -0.497 e. The van der Waals surface area contributed by atoms with Crippen LogP contribution in [0.25, 0.3) is 0 Å². The van der Waals surface area contributed by atoms with Gasteiger partial charge in [-0.3, -0.25) is 4.79 Å². The number of benzene rings is 1. The van der Waals surface area contributed by atoms with E-state index in [9.17, 15) is 13.2 Å². The molecule has 1 fully saturated rings. The number of ether oxygens (including phenoxy) is 1. The molecule has 0 N–H and O–H groups in total. The molecule has 8 heteroatoms. The van der Waals surface area contributed by atoms with Gasteiger partial charge in [0.2, 0.25) is 15.0 Å². The normalized spacial score (nSPS) is 19.8. The van der Waals surface area contributed by atoms with Crippen molar-refractivity contribution in [1.82, 2.24) is 0 Å². The van der Waals surface area contributed by atoms with Crippen LogP contribution in [0.1, 0.15) is 6.42 Å². The monoisotopic (exact) mass is 323 g/mol. The van der Waals surface area contributed by atoms with Gasteiger partial charge in [-0.05, 0) is 12.1 Å². The highest BCUT2D eigenvalue weighted by atomic mass is 35.7. The van der Waals surface area contributed by atoms with E-state index >= 15 is 0 Å². The highest BCUT2D eigenvalue weighted by molar-refractivity contribution is 8.14. The Morgan fingerprint density at radius 3 is 2.58 bits per heavy atom. The fourth-order valence-corrected chi connectivity index (χ4v) is 3.18. The molecule has 5 nitrogen and oxygen atoms in total. The number of amides is 1. The molecule has 0 saturated carbocycles. The maximum absolute atomic E-state index is 11.9. The zero-order valence-electron chi connectivity index (χ0n) is 9.97. The summed E-state index contributed by atoms with van der Waals surface area (Å²) in [6.45, 7) is 0.0220. The van der Waals surface area contributed by atoms with Crippen LogP contribution in [-0.2, 0) is 13.8 Å². The first kappa shape index (κ1) is 14.4. The van der Waals surface area contributed by atoms with Gasteiger partial charge < -0.3 is 9.64 Å². The number of halogens is 2. The first-order valence-corrected chi connectivity index (χ1v) is 8.14. The Morgan fingerprint density at radius 1 is 1.37 bits per heavy atom. The smallest absolute Gasteiger partial charge is 0.237 e. The van der Waals surface area contributed by atoms with Gasteiger partial charge in [-0.25, -0.2) is 8.42 Å². The highest BCUT2D eigenvalue weighted by Gasteiger charge is 2.38. The van der Waals surface area contributed by atoms with E-state index < -0.39 is 14.3 Å². The fraction of sp³-hybridized carbons (Fsp3) is 0.364. The predicted molar refractivity (Wildman–Crippen MR) is 73.5 cm³/mol. The van der Waals surface area contributed by atoms with Crippen LogP contribution in [0.4, 0.5) is 5.69 Å². The van der Waals surface area contributed by atoms with Crippen molar-refractivity contribution in [2.75, 3.05) is 18.6 Å². The Bertz CT molecular complexity index is 617. The lowest BCUT2D eigenvalue weighted by molar-refractivity contribution is -0.117. The predicted octanol–water partition coefficient (Wildman–Crippen LogP) is 2.02. The van der Waals surface area contributed by atoms with Gasteiger partial charge in [0.1, 0.15) is 11.0 Å². The Labute approximate surface area is 120 Å². The maximum atomic E-state index is 11.9. The Balaban J connectivity index is 2.33. The molecule has 1 aliphatic heterocycles. The highest BCUT2D eigenvalue weighted by Crippen LogP contribution is 2.31. The summed E-state index contributed by atoms with van der Waals surface area (Å²) in [4.78, 5) is 13.2. The lowest BCUT2D eigenvalue weighted by atomic mass is 10.3. The number of hydrogen-bond donors (Lipinski definition) is 0. The van der Waals surface area contributed by atoms with Crippen LogP contribution in [0.15, 0.2) is 18.2 Å². The van der Waals surface area contributed by atoms with E-state index in [1.54, 1.807) is 18.2 Å². The second-order valence-corrected chi connectivity index (χ2v) is 7.50. The number of carbonyl (C=O) groups excluding carboxylic acids is 1. The van der Waals surface area contributed by atoms with E-state index in [2.05, 4.69) is 0 Å². The van der Waals surface area contributed by atoms with Crippen molar-refractivity contribution in [3.8, 4) is 5.75 Å². The molecule has 0 aliphatic carbocycles. The molecule has 0 bridgehead atoms. The van der Waals surface area contributed by atoms with Gasteiger partial charge in [-0.15, -0.1) is 0 Å². The molecule has 1 saturated heterocycles. The van der Waals surface area contributed by atoms with Gasteiger partial charge in [0.15, 0.2) is 0 Å². The molecule has 1 aromatic carbocycles. The molecule has 1 amide bonds. The molecule has 104 valence electrons. The molecule has 1 unspecified atom stereocenters. The summed E-state index contributed by atoms with van der Waals surface area (Å²) in [6, 6.07) is 4.79. The van der Waals surface area contributed by atoms with Gasteiger partial charge in [0.25, 0.3) is 0 Å². The zero-order valence-corrected chi connectivity index (χ0v) is 12.3. The SMILES string of the molecule is COc1cc(Cl)cc(N2CC(S(=O)(=O)Cl)CC2=O)c1. The summed E-state index contributed by atoms with van der Waals surface area (Å²) >= 11 is 5.92. The van der Waals surface area contributed by atoms with Crippen LogP contribution in [-0.4, -0.2) is 33.2 Å². The molecular formula is C11H11Cl2NO4S. The third kappa shape index (κ3) is 3.13. The molecule has 2 rings (SSSR count). The van der Waals surface area contributed by atoms with Crippen molar-refractivity contribution in [3.63, 3.8) is 0 Å². The number of rotatable bonds is 3. The maximum Gasteiger partial charge on any atom is 0.237 e. The third-order valence-electron chi connectivity index (χ3n) is 2.89. The van der Waals surface area contributed by atoms with E-state index in [1.165, 1.54) is 12.0 Å². The van der Waals surface area contributed by atoms with Crippen LogP contribution in [0, 0.1) is 0 Å². The number of carbonyl (C=O) groups is 1. The number of nitrogens with zero attached hydrogens (tertiary/aromatic N) is 1. The Kier molecular flexibility index (Phi) is 3.94. The lowest BCUT2D eigenvalue weighted by Gasteiger charge is -2.17. The minimum absolute atomic E-state index is 0.0220. The van der Waals surface area contributed by atoms with Gasteiger partial charge in [-0.2, -0.15) is 0 Å². The molecule has 1 aromatic rings. The molecule has 19 heavy (non-hydrogen) atoms. The zero-order chi connectivity index (χ0) is 14.2. The standard InChI is InChI=1S/C11H11Cl2NO4S/c1-18-9-3-7(12)2-8(4-9)14-6-10(5-11(14)15)19(13,16)17/h2-4,10H,5-6H2,1H3. The molecule has 0 aromatic heterocycles. The van der Waals surface area contributed by atoms with E-state index in [0.29, 0.717) is 16.5 Å². The third-order valence-corrected chi connectivity index (χ3v) is 4.98. The summed E-state index contributed by atoms with van der Waals surface area (Å²) < 4.78 is 27.6. The largest absolute Gasteiger partial charge is 0.497 e. The van der Waals surface area contributed by atoms with Gasteiger partial charge in [0.05, 0.1) is 7.11 Å². The molecular weight excluding hydrogens is 313 g/mol. The van der Waals surface area contributed by atoms with Crippen LogP contribution in [0.2, 0.25) is 5.02 Å². The number of hydrogen-bond acceptors (Lipinski definition) is 4. The summed E-state index contributed by atoms with van der Waals surface area (Å²) in [6.07, 6.45) is -0.124. The molecule has 1 aliphatic rings. The van der Waals surface area contributed by atoms with Crippen molar-refractivity contribution >= 4 is 42.9 Å². The van der Waals surface area contributed by atoms with Crippen LogP contribution in [0.3, 0.4) is 0 Å². The fourth-order valence-electron chi connectivity index (χ4n) is 1.93. The molecule has 1 atom stereocenters. The summed E-state index contributed by atoms with van der Waals surface area (Å²) in [5, 5.41) is -0.494. The van der Waals surface area contributed by atoms with E-state index in [0.717, 1.165) is 0 Å². The second kappa shape index (κ2) is 5.19. The number of methoxy groups -OCH3 is 1. The number of anilines is 1. The molecule has 0 spiro atoms. The van der Waals surface area contributed by atoms with E-state index in [4.69, 9.17) is 27.0 Å². The van der Waals surface area contributed by atoms with Crippen molar-refractivity contribution in [2.24, 2.45) is 0 Å². The lowest BCUT2D eigenvalue weighted by Crippen LogP contribution is -2.26. The quantitative estimate of drug-likeness (QED) is 0.798. The first-order valence-electron chi connectivity index (χ1n) is 5.39. The summed E-state index contributed by atoms with van der Waals surface area (Å²) in [5.74, 6) is 0.186. The van der Waals surface area contributed by atoms with E-state index in [-0.39, 0.29) is 18.9 Å². The Morgan fingerprint density at radius 2 is 2.05 bits per heavy atom. The average Bonchev–Trinajstić information content (AvgIpc) is 2.70. The van der Waals surface area contributed by atoms with Gasteiger partial charge in [0, 0.05) is 40.4 Å². The summed E-state index contributed by atoms with van der Waals surface area (Å²) in [5.41, 5.74) is 0.497. The van der Waals surface area contributed by atoms with Crippen molar-refractivity contribution in [2.45, 2.75) is 11.7 Å². The molecule has 1 heterocycles.